The highest BCUT2D eigenvalue weighted by Gasteiger charge is 2.42. The van der Waals surface area contributed by atoms with Crippen LogP contribution in [0.1, 0.15) is 163 Å². The van der Waals surface area contributed by atoms with Crippen molar-refractivity contribution >= 4 is 59.3 Å². The van der Waals surface area contributed by atoms with Gasteiger partial charge in [-0.3, -0.25) is 28.7 Å². The van der Waals surface area contributed by atoms with Crippen LogP contribution in [0.15, 0.2) is 29.2 Å². The second-order valence-corrected chi connectivity index (χ2v) is 22.2. The number of nitroso groups, excluding NO2 is 1. The zero-order chi connectivity index (χ0) is 62.5. The minimum Gasteiger partial charge on any atom is -0.444 e. The van der Waals surface area contributed by atoms with E-state index in [2.05, 4.69) is 59.1 Å². The van der Waals surface area contributed by atoms with E-state index in [0.717, 1.165) is 31.2 Å². The first-order valence-electron chi connectivity index (χ1n) is 28.6. The Morgan fingerprint density at radius 3 is 1.82 bits per heavy atom. The molecule has 0 spiro atoms. The predicted molar refractivity (Wildman–Crippen MR) is 321 cm³/mol. The molecule has 1 fully saturated rings. The Balaban J connectivity index is -0.00000350. The number of amides is 8. The highest BCUT2D eigenvalue weighted by molar-refractivity contribution is 7.98. The fourth-order valence-corrected chi connectivity index (χ4v) is 8.95. The van der Waals surface area contributed by atoms with Crippen LogP contribution in [0.25, 0.3) is 0 Å². The molecule has 0 aromatic heterocycles. The molecule has 1 aromatic rings. The highest BCUT2D eigenvalue weighted by Crippen LogP contribution is 2.30. The number of rotatable bonds is 27. The number of hydrogen-bond acceptors (Lipinski definition) is 13. The predicted octanol–water partition coefficient (Wildman–Crippen LogP) is 8.08. The number of likely N-dealkylation sites (tertiary alicyclic amines) is 1. The number of urea groups is 1. The summed E-state index contributed by atoms with van der Waals surface area (Å²) in [6, 6.07) is 4.59. The number of methoxy groups -OCH3 is 2. The average molecular weight is 1160 g/mol. The number of likely N-dealkylation sites (N-methyl/N-ethyl adjacent to an activating group) is 1. The molecule has 8 unspecified atom stereocenters. The lowest BCUT2D eigenvalue weighted by molar-refractivity contribution is -0.664. The summed E-state index contributed by atoms with van der Waals surface area (Å²) in [5, 5.41) is 10.3. The van der Waals surface area contributed by atoms with E-state index in [-0.39, 0.29) is 61.0 Å². The fourth-order valence-electron chi connectivity index (χ4n) is 8.27. The molecule has 1 aliphatic rings. The molecule has 8 N–H and O–H groups in total. The summed E-state index contributed by atoms with van der Waals surface area (Å²) in [5.41, 5.74) is 7.18. The number of benzene rings is 1. The molecule has 0 radical (unpaired) electrons. The minimum atomic E-state index is -0.904. The van der Waals surface area contributed by atoms with Gasteiger partial charge in [-0.2, -0.15) is 0 Å². The molecular weight excluding hydrogens is 1050 g/mol. The molecule has 1 saturated heterocycles. The number of hydrogen-bond donors (Lipinski definition) is 7. The standard InChI is InChI=1S/C45H77N9O10S.C4H10N2O.2C3H8.C2H6/c1-16-29(6)39(52(13)37(57)26-47-54(61)43(28(4)5)51(11)12)34(62-14)24-36(56)53-23-17-18-33(53)40(63-15)30(7)41(58)50-65-32-21-19-31(20-22-32)48-35(55)25-46-42(59)38(27(2)3)49-44(60)64-45(8,9)10;1-2-3-6-4(5)7;2*1-3-2;1-2/h19-22,27-30,33-34,38-40,43H,16-18,23-26H2,1-15H3,(H4-,46,47,48,49,50,55,58,59,60,61);2-3H2,1H3,(H3,5,6,7);2*3H2,1-2H3;1-2H3/p+1. The Labute approximate surface area is 486 Å². The van der Waals surface area contributed by atoms with E-state index in [1.807, 2.05) is 62.6 Å². The first-order chi connectivity index (χ1) is 37.5. The van der Waals surface area contributed by atoms with E-state index < -0.39 is 65.9 Å². The molecule has 464 valence electrons. The van der Waals surface area contributed by atoms with Crippen LogP contribution in [0.5, 0.6) is 0 Å². The van der Waals surface area contributed by atoms with Gasteiger partial charge in [-0.1, -0.05) is 116 Å². The Hall–Kier alpha value is -5.26. The highest BCUT2D eigenvalue weighted by atomic mass is 32.2. The van der Waals surface area contributed by atoms with E-state index in [1.165, 1.54) is 27.1 Å². The van der Waals surface area contributed by atoms with Crippen LogP contribution in [-0.2, 0) is 38.2 Å². The van der Waals surface area contributed by atoms with Crippen LogP contribution in [0.3, 0.4) is 0 Å². The summed E-state index contributed by atoms with van der Waals surface area (Å²) in [4.78, 5) is 108. The minimum absolute atomic E-state index is 0.000663. The summed E-state index contributed by atoms with van der Waals surface area (Å²) < 4.78 is 20.0. The zero-order valence-electron chi connectivity index (χ0n) is 53.1. The number of primary amides is 1. The number of carbonyl (C=O) groups excluding carboxylic acids is 7. The second kappa shape index (κ2) is 43.5. The van der Waals surface area contributed by atoms with Crippen molar-refractivity contribution in [1.82, 2.24) is 40.8 Å². The van der Waals surface area contributed by atoms with Crippen molar-refractivity contribution in [2.75, 3.05) is 66.9 Å². The normalized spacial score (nSPS) is 15.3. The third kappa shape index (κ3) is 31.7. The molecule has 1 aromatic carbocycles. The maximum absolute atomic E-state index is 14.1. The number of carbonyl (C=O) groups is 7. The monoisotopic (exact) mass is 1160 g/mol. The average Bonchev–Trinajstić information content (AvgIpc) is 3.88. The van der Waals surface area contributed by atoms with Gasteiger partial charge in [-0.15, -0.1) is 5.43 Å². The van der Waals surface area contributed by atoms with Gasteiger partial charge in [0.05, 0.1) is 48.1 Å². The van der Waals surface area contributed by atoms with Crippen LogP contribution in [-0.4, -0.2) is 165 Å². The van der Waals surface area contributed by atoms with Crippen LogP contribution in [0.4, 0.5) is 15.3 Å². The van der Waals surface area contributed by atoms with Crippen LogP contribution in [0.2, 0.25) is 0 Å². The van der Waals surface area contributed by atoms with Gasteiger partial charge in [0.2, 0.25) is 29.5 Å². The molecule has 0 bridgehead atoms. The number of nitrogens with two attached hydrogens (primary N) is 1. The van der Waals surface area contributed by atoms with Crippen molar-refractivity contribution in [3.05, 3.63) is 29.2 Å². The largest absolute Gasteiger partial charge is 0.444 e. The van der Waals surface area contributed by atoms with Gasteiger partial charge in [-0.05, 0) is 102 Å². The SMILES string of the molecule is CC.CCC.CCC.CCC(C)C(C(CC(=O)N1CCCC1C(OC)C(C)C(=O)NSc1ccc(NC(=O)CNC(=O)C(NC(=O)OC(C)(C)C)C(C)C)cc1)OC)N(C)C(=O)CN[N+](=O)C(C(C)C)N(C)C.CCCNC(N)=O. The Kier molecular flexibility index (Phi) is 42.9. The number of hydrazine groups is 1. The Morgan fingerprint density at radius 1 is 0.825 bits per heavy atom. The Bertz CT molecular complexity index is 1930. The summed E-state index contributed by atoms with van der Waals surface area (Å²) in [7, 11) is 8.35. The summed E-state index contributed by atoms with van der Waals surface area (Å²) in [6.45, 7) is 33.4. The lowest BCUT2D eigenvalue weighted by atomic mass is 9.90. The summed E-state index contributed by atoms with van der Waals surface area (Å²) >= 11 is 1.10. The molecule has 22 nitrogen and oxygen atoms in total. The number of alkyl carbamates (subject to hydrolysis) is 1. The van der Waals surface area contributed by atoms with E-state index in [0.29, 0.717) is 35.0 Å². The van der Waals surface area contributed by atoms with Crippen molar-refractivity contribution in [3.8, 4) is 0 Å². The molecule has 0 saturated carbocycles. The van der Waals surface area contributed by atoms with Crippen LogP contribution in [0, 0.1) is 28.6 Å². The summed E-state index contributed by atoms with van der Waals surface area (Å²) in [5.74, 6) is -2.70. The number of anilines is 1. The molecular formula is C57H110N11O11S+. The summed E-state index contributed by atoms with van der Waals surface area (Å²) in [6.07, 6.45) is 3.06. The van der Waals surface area contributed by atoms with Crippen molar-refractivity contribution in [2.24, 2.45) is 29.4 Å². The molecule has 2 rings (SSSR count). The zero-order valence-corrected chi connectivity index (χ0v) is 53.9. The third-order valence-electron chi connectivity index (χ3n) is 12.1. The second-order valence-electron chi connectivity index (χ2n) is 21.4. The van der Waals surface area contributed by atoms with E-state index >= 15 is 0 Å². The van der Waals surface area contributed by atoms with Gasteiger partial charge < -0.3 is 51.0 Å². The van der Waals surface area contributed by atoms with Crippen molar-refractivity contribution in [2.45, 2.75) is 210 Å². The van der Waals surface area contributed by atoms with E-state index in [1.54, 1.807) is 87.6 Å². The van der Waals surface area contributed by atoms with Crippen molar-refractivity contribution < 1.29 is 52.6 Å². The quantitative estimate of drug-likeness (QED) is 0.0190. The number of nitrogens with zero attached hydrogens (tertiary/aromatic N) is 4. The first kappa shape index (κ1) is 79.0. The maximum atomic E-state index is 14.1. The van der Waals surface area contributed by atoms with Crippen molar-refractivity contribution in [3.63, 3.8) is 0 Å². The van der Waals surface area contributed by atoms with E-state index in [9.17, 15) is 38.5 Å². The lowest BCUT2D eigenvalue weighted by Gasteiger charge is -2.39. The van der Waals surface area contributed by atoms with Gasteiger partial charge in [0.1, 0.15) is 16.5 Å². The molecule has 1 aliphatic heterocycles. The van der Waals surface area contributed by atoms with Crippen LogP contribution < -0.4 is 37.1 Å². The molecule has 1 heterocycles. The number of nitrogens with one attached hydrogen (secondary N) is 6. The maximum Gasteiger partial charge on any atom is 0.408 e. The third-order valence-corrected chi connectivity index (χ3v) is 12.9. The smallest absolute Gasteiger partial charge is 0.408 e. The van der Waals surface area contributed by atoms with Gasteiger partial charge >= 0.3 is 12.1 Å². The molecule has 80 heavy (non-hydrogen) atoms. The van der Waals surface area contributed by atoms with Gasteiger partial charge in [0.25, 0.3) is 6.17 Å². The lowest BCUT2D eigenvalue weighted by Crippen LogP contribution is -2.55. The molecule has 8 atom stereocenters. The van der Waals surface area contributed by atoms with Crippen LogP contribution >= 0.6 is 11.9 Å². The van der Waals surface area contributed by atoms with E-state index in [4.69, 9.17) is 19.9 Å². The van der Waals surface area contributed by atoms with Gasteiger partial charge in [0, 0.05) is 50.9 Å². The number of ether oxygens (including phenoxy) is 3. The fraction of sp³-hybridized carbons (Fsp3) is 0.772. The Morgan fingerprint density at radius 2 is 1.39 bits per heavy atom. The topological polar surface area (TPSA) is 275 Å². The van der Waals surface area contributed by atoms with Crippen molar-refractivity contribution in [1.29, 1.82) is 0 Å². The van der Waals surface area contributed by atoms with Gasteiger partial charge in [-0.25, -0.2) is 14.5 Å². The molecule has 23 heteroatoms. The molecule has 0 aliphatic carbocycles. The first-order valence-corrected chi connectivity index (χ1v) is 29.4. The molecule has 8 amide bonds. The van der Waals surface area contributed by atoms with Gasteiger partial charge in [0.15, 0.2) is 6.54 Å².